The van der Waals surface area contributed by atoms with E-state index in [-0.39, 0.29) is 23.3 Å². The van der Waals surface area contributed by atoms with E-state index in [1.165, 1.54) is 23.5 Å². The van der Waals surface area contributed by atoms with E-state index in [0.717, 1.165) is 16.5 Å². The molecule has 7 nitrogen and oxygen atoms in total. The standard InChI is InChI=1S/C25H28N2O5S/c1-31-22-10-12-24(13-11-22)33(29,30)27-15-4-7-21(18-27)25(28)26-14-16-32-23-9-8-19-5-2-3-6-20(19)17-23/h2-3,5-6,8-13,17,21H,4,7,14-16,18H2,1H3,(H,26,28). The highest BCUT2D eigenvalue weighted by Gasteiger charge is 2.33. The summed E-state index contributed by atoms with van der Waals surface area (Å²) in [6.45, 7) is 1.27. The van der Waals surface area contributed by atoms with E-state index in [2.05, 4.69) is 5.32 Å². The zero-order chi connectivity index (χ0) is 23.3. The van der Waals surface area contributed by atoms with Gasteiger partial charge in [0.15, 0.2) is 0 Å². The molecule has 3 aromatic rings. The summed E-state index contributed by atoms with van der Waals surface area (Å²) in [5.41, 5.74) is 0. The van der Waals surface area contributed by atoms with Gasteiger partial charge >= 0.3 is 0 Å². The average Bonchev–Trinajstić information content (AvgIpc) is 2.86. The van der Waals surface area contributed by atoms with E-state index in [1.54, 1.807) is 12.1 Å². The molecule has 0 aromatic heterocycles. The lowest BCUT2D eigenvalue weighted by Gasteiger charge is -2.31. The lowest BCUT2D eigenvalue weighted by Crippen LogP contribution is -2.45. The lowest BCUT2D eigenvalue weighted by atomic mass is 9.99. The number of hydrogen-bond acceptors (Lipinski definition) is 5. The number of ether oxygens (including phenoxy) is 2. The zero-order valence-electron chi connectivity index (χ0n) is 18.6. The van der Waals surface area contributed by atoms with Crippen molar-refractivity contribution in [2.45, 2.75) is 17.7 Å². The number of carbonyl (C=O) groups is 1. The zero-order valence-corrected chi connectivity index (χ0v) is 19.4. The number of nitrogens with zero attached hydrogens (tertiary/aromatic N) is 1. The molecular weight excluding hydrogens is 440 g/mol. The summed E-state index contributed by atoms with van der Waals surface area (Å²) in [5.74, 6) is 0.812. The van der Waals surface area contributed by atoms with E-state index >= 15 is 0 Å². The molecule has 1 saturated heterocycles. The molecule has 0 bridgehead atoms. The van der Waals surface area contributed by atoms with Gasteiger partial charge in [0.1, 0.15) is 18.1 Å². The molecule has 1 unspecified atom stereocenters. The Kier molecular flexibility index (Phi) is 7.15. The molecule has 1 atom stereocenters. The molecular formula is C25H28N2O5S. The summed E-state index contributed by atoms with van der Waals surface area (Å²) in [6, 6.07) is 20.2. The molecule has 1 N–H and O–H groups in total. The molecule has 4 rings (SSSR count). The third-order valence-corrected chi connectivity index (χ3v) is 7.72. The first-order valence-electron chi connectivity index (χ1n) is 11.0. The van der Waals surface area contributed by atoms with Crippen molar-refractivity contribution in [2.75, 3.05) is 33.4 Å². The van der Waals surface area contributed by atoms with E-state index in [4.69, 9.17) is 9.47 Å². The SMILES string of the molecule is COc1ccc(S(=O)(=O)N2CCCC(C(=O)NCCOc3ccc4ccccc4c3)C2)cc1. The third kappa shape index (κ3) is 5.46. The third-order valence-electron chi connectivity index (χ3n) is 5.84. The predicted octanol–water partition coefficient (Wildman–Crippen LogP) is 3.44. The first-order chi connectivity index (χ1) is 16.0. The molecule has 33 heavy (non-hydrogen) atoms. The number of rotatable bonds is 8. The molecule has 1 amide bonds. The number of amides is 1. The molecule has 174 valence electrons. The fourth-order valence-electron chi connectivity index (χ4n) is 4.02. The van der Waals surface area contributed by atoms with Gasteiger partial charge in [0.05, 0.1) is 24.5 Å². The molecule has 1 aliphatic heterocycles. The van der Waals surface area contributed by atoms with Crippen LogP contribution in [0.25, 0.3) is 10.8 Å². The van der Waals surface area contributed by atoms with E-state index in [9.17, 15) is 13.2 Å². The van der Waals surface area contributed by atoms with Crippen molar-refractivity contribution in [3.8, 4) is 11.5 Å². The van der Waals surface area contributed by atoms with Crippen LogP contribution in [0, 0.1) is 5.92 Å². The van der Waals surface area contributed by atoms with Crippen LogP contribution in [0.3, 0.4) is 0 Å². The fraction of sp³-hybridized carbons (Fsp3) is 0.320. The predicted molar refractivity (Wildman–Crippen MR) is 127 cm³/mol. The van der Waals surface area contributed by atoms with E-state index in [1.807, 2.05) is 42.5 Å². The quantitative estimate of drug-likeness (QED) is 0.512. The van der Waals surface area contributed by atoms with Gasteiger partial charge in [-0.1, -0.05) is 30.3 Å². The first kappa shape index (κ1) is 23.1. The van der Waals surface area contributed by atoms with Gasteiger partial charge in [-0.05, 0) is 60.0 Å². The number of benzene rings is 3. The Hall–Kier alpha value is -3.10. The van der Waals surface area contributed by atoms with Crippen LogP contribution in [0.5, 0.6) is 11.5 Å². The Morgan fingerprint density at radius 1 is 1.03 bits per heavy atom. The van der Waals surface area contributed by atoms with Crippen LogP contribution < -0.4 is 14.8 Å². The molecule has 0 spiro atoms. The smallest absolute Gasteiger partial charge is 0.243 e. The Morgan fingerprint density at radius 3 is 2.52 bits per heavy atom. The molecule has 8 heteroatoms. The van der Waals surface area contributed by atoms with Crippen molar-refractivity contribution in [3.63, 3.8) is 0 Å². The normalized spacial score (nSPS) is 16.9. The molecule has 0 saturated carbocycles. The van der Waals surface area contributed by atoms with Crippen LogP contribution in [-0.2, 0) is 14.8 Å². The van der Waals surface area contributed by atoms with Crippen molar-refractivity contribution >= 4 is 26.7 Å². The monoisotopic (exact) mass is 468 g/mol. The average molecular weight is 469 g/mol. The Bertz CT molecular complexity index is 1210. The maximum absolute atomic E-state index is 13.0. The van der Waals surface area contributed by atoms with Gasteiger partial charge in [0, 0.05) is 13.1 Å². The highest BCUT2D eigenvalue weighted by atomic mass is 32.2. The second-order valence-corrected chi connectivity index (χ2v) is 9.96. The largest absolute Gasteiger partial charge is 0.497 e. The second-order valence-electron chi connectivity index (χ2n) is 8.03. The molecule has 0 radical (unpaired) electrons. The summed E-state index contributed by atoms with van der Waals surface area (Å²) in [5, 5.41) is 5.12. The number of carbonyl (C=O) groups excluding carboxylic acids is 1. The van der Waals surface area contributed by atoms with Crippen LogP contribution in [0.15, 0.2) is 71.6 Å². The van der Waals surface area contributed by atoms with Gasteiger partial charge in [0.25, 0.3) is 0 Å². The van der Waals surface area contributed by atoms with Crippen molar-refractivity contribution in [1.29, 1.82) is 0 Å². The van der Waals surface area contributed by atoms with Crippen LogP contribution >= 0.6 is 0 Å². The van der Waals surface area contributed by atoms with Gasteiger partial charge < -0.3 is 14.8 Å². The van der Waals surface area contributed by atoms with E-state index in [0.29, 0.717) is 38.3 Å². The van der Waals surface area contributed by atoms with Crippen LogP contribution in [0.2, 0.25) is 0 Å². The van der Waals surface area contributed by atoms with Gasteiger partial charge in [-0.15, -0.1) is 0 Å². The second kappa shape index (κ2) is 10.2. The highest BCUT2D eigenvalue weighted by Crippen LogP contribution is 2.25. The number of methoxy groups -OCH3 is 1. The Balaban J connectivity index is 1.29. The van der Waals surface area contributed by atoms with Crippen molar-refractivity contribution in [1.82, 2.24) is 9.62 Å². The summed E-state index contributed by atoms with van der Waals surface area (Å²) in [4.78, 5) is 12.9. The molecule has 3 aromatic carbocycles. The van der Waals surface area contributed by atoms with Gasteiger partial charge in [0.2, 0.25) is 15.9 Å². The summed E-state index contributed by atoms with van der Waals surface area (Å²) in [6.07, 6.45) is 1.30. The number of hydrogen-bond donors (Lipinski definition) is 1. The first-order valence-corrected chi connectivity index (χ1v) is 12.4. The van der Waals surface area contributed by atoms with Crippen LogP contribution in [0.1, 0.15) is 12.8 Å². The molecule has 1 fully saturated rings. The number of fused-ring (bicyclic) bond motifs is 1. The maximum atomic E-state index is 13.0. The van der Waals surface area contributed by atoms with Gasteiger partial charge in [-0.3, -0.25) is 4.79 Å². The maximum Gasteiger partial charge on any atom is 0.243 e. The summed E-state index contributed by atoms with van der Waals surface area (Å²) >= 11 is 0. The van der Waals surface area contributed by atoms with Crippen LogP contribution in [-0.4, -0.2) is 52.0 Å². The topological polar surface area (TPSA) is 84.9 Å². The Morgan fingerprint density at radius 2 is 1.76 bits per heavy atom. The fourth-order valence-corrected chi connectivity index (χ4v) is 5.54. The summed E-state index contributed by atoms with van der Waals surface area (Å²) < 4.78 is 38.3. The van der Waals surface area contributed by atoms with Crippen LogP contribution in [0.4, 0.5) is 0 Å². The number of piperidine rings is 1. The summed E-state index contributed by atoms with van der Waals surface area (Å²) in [7, 11) is -2.13. The number of sulfonamides is 1. The van der Waals surface area contributed by atoms with Crippen molar-refractivity contribution in [3.05, 3.63) is 66.7 Å². The van der Waals surface area contributed by atoms with Crippen molar-refractivity contribution in [2.24, 2.45) is 5.92 Å². The molecule has 0 aliphatic carbocycles. The lowest BCUT2D eigenvalue weighted by molar-refractivity contribution is -0.126. The van der Waals surface area contributed by atoms with Gasteiger partial charge in [-0.2, -0.15) is 4.31 Å². The molecule has 1 aliphatic rings. The van der Waals surface area contributed by atoms with Gasteiger partial charge in [-0.25, -0.2) is 8.42 Å². The number of nitrogens with one attached hydrogen (secondary N) is 1. The minimum atomic E-state index is -3.66. The highest BCUT2D eigenvalue weighted by molar-refractivity contribution is 7.89. The molecule has 1 heterocycles. The van der Waals surface area contributed by atoms with Crippen molar-refractivity contribution < 1.29 is 22.7 Å². The minimum Gasteiger partial charge on any atom is -0.497 e. The Labute approximate surface area is 194 Å². The minimum absolute atomic E-state index is 0.147. The van der Waals surface area contributed by atoms with E-state index < -0.39 is 10.0 Å².